The number of hydrogen-bond donors (Lipinski definition) is 3. The lowest BCUT2D eigenvalue weighted by Crippen LogP contribution is -2.46. The van der Waals surface area contributed by atoms with Crippen LogP contribution in [-0.4, -0.2) is 50.9 Å². The van der Waals surface area contributed by atoms with Gasteiger partial charge in [0.15, 0.2) is 17.0 Å². The maximum absolute atomic E-state index is 12.9. The van der Waals surface area contributed by atoms with Crippen molar-refractivity contribution in [2.75, 3.05) is 23.3 Å². The van der Waals surface area contributed by atoms with Gasteiger partial charge in [-0.15, -0.1) is 0 Å². The van der Waals surface area contributed by atoms with Gasteiger partial charge in [0.25, 0.3) is 0 Å². The number of hydrogen-bond acceptors (Lipinski definition) is 7. The highest BCUT2D eigenvalue weighted by Gasteiger charge is 2.48. The van der Waals surface area contributed by atoms with E-state index in [4.69, 9.17) is 15.8 Å². The summed E-state index contributed by atoms with van der Waals surface area (Å²) in [5.41, 5.74) is 3.36. The number of carbonyl (C=O) groups is 1. The predicted octanol–water partition coefficient (Wildman–Crippen LogP) is 2.54. The summed E-state index contributed by atoms with van der Waals surface area (Å²) in [5, 5.41) is 18.0. The van der Waals surface area contributed by atoms with Crippen LogP contribution in [0.5, 0.6) is 0 Å². The van der Waals surface area contributed by atoms with Crippen molar-refractivity contribution in [3.05, 3.63) is 48.1 Å². The number of amides is 1. The molecule has 0 unspecified atom stereocenters. The van der Waals surface area contributed by atoms with Gasteiger partial charge >= 0.3 is 0 Å². The van der Waals surface area contributed by atoms with Gasteiger partial charge in [-0.2, -0.15) is 0 Å². The van der Waals surface area contributed by atoms with Crippen LogP contribution in [0.15, 0.2) is 36.7 Å². The molecule has 3 N–H and O–H groups in total. The number of anilines is 2. The highest BCUT2D eigenvalue weighted by atomic mass is 16.2. The first kappa shape index (κ1) is 19.1. The van der Waals surface area contributed by atoms with Crippen molar-refractivity contribution in [1.29, 1.82) is 10.8 Å². The fraction of sp³-hybridized carbons (Fsp3) is 0.273. The van der Waals surface area contributed by atoms with Gasteiger partial charge in [0.1, 0.15) is 12.2 Å². The third-order valence-corrected chi connectivity index (χ3v) is 6.36. The molecule has 1 amide bonds. The monoisotopic (exact) mass is 414 g/mol. The molecular weight excluding hydrogens is 392 g/mol. The molecule has 1 spiro atoms. The first-order valence-corrected chi connectivity index (χ1v) is 10.1. The van der Waals surface area contributed by atoms with Crippen LogP contribution < -0.4 is 10.2 Å². The van der Waals surface area contributed by atoms with Crippen LogP contribution in [0, 0.1) is 10.8 Å². The van der Waals surface area contributed by atoms with E-state index in [-0.39, 0.29) is 5.91 Å². The van der Waals surface area contributed by atoms with Crippen LogP contribution in [0.2, 0.25) is 0 Å². The molecule has 1 saturated heterocycles. The zero-order valence-corrected chi connectivity index (χ0v) is 17.1. The minimum Gasteiger partial charge on any atom is -0.355 e. The SMILES string of the molecule is Cn1c(/C(C=N)=C/C=N)nc2c(N3CCC4(CC3)C(=O)Nc3ccccc34)ncnc21. The maximum atomic E-state index is 12.9. The van der Waals surface area contributed by atoms with Crippen LogP contribution in [0.1, 0.15) is 24.2 Å². The molecule has 1 fully saturated rings. The van der Waals surface area contributed by atoms with Crippen molar-refractivity contribution >= 4 is 46.6 Å². The second-order valence-electron chi connectivity index (χ2n) is 7.87. The molecule has 0 bridgehead atoms. The van der Waals surface area contributed by atoms with Gasteiger partial charge in [0.05, 0.1) is 5.41 Å². The highest BCUT2D eigenvalue weighted by Crippen LogP contribution is 2.45. The van der Waals surface area contributed by atoms with Gasteiger partial charge in [-0.05, 0) is 30.5 Å². The molecule has 0 saturated carbocycles. The lowest BCUT2D eigenvalue weighted by Gasteiger charge is -2.38. The maximum Gasteiger partial charge on any atom is 0.235 e. The number of piperidine rings is 1. The van der Waals surface area contributed by atoms with E-state index in [1.54, 1.807) is 0 Å². The Morgan fingerprint density at radius 2 is 1.97 bits per heavy atom. The van der Waals surface area contributed by atoms with E-state index in [2.05, 4.69) is 20.2 Å². The molecule has 1 aromatic carbocycles. The average molecular weight is 414 g/mol. The smallest absolute Gasteiger partial charge is 0.235 e. The number of benzene rings is 1. The second kappa shape index (κ2) is 7.12. The number of carbonyl (C=O) groups excluding carboxylic acids is 1. The summed E-state index contributed by atoms with van der Waals surface area (Å²) in [5.74, 6) is 1.37. The molecule has 2 aliphatic rings. The van der Waals surface area contributed by atoms with Crippen molar-refractivity contribution in [2.24, 2.45) is 7.05 Å². The lowest BCUT2D eigenvalue weighted by molar-refractivity contribution is -0.121. The number of aryl methyl sites for hydroxylation is 1. The topological polar surface area (TPSA) is 124 Å². The van der Waals surface area contributed by atoms with Crippen LogP contribution in [0.3, 0.4) is 0 Å². The average Bonchev–Trinajstić information content (AvgIpc) is 3.27. The van der Waals surface area contributed by atoms with E-state index < -0.39 is 5.41 Å². The van der Waals surface area contributed by atoms with E-state index >= 15 is 0 Å². The van der Waals surface area contributed by atoms with E-state index in [9.17, 15) is 4.79 Å². The van der Waals surface area contributed by atoms with Crippen LogP contribution in [0.4, 0.5) is 11.5 Å². The fourth-order valence-electron chi connectivity index (χ4n) is 4.72. The van der Waals surface area contributed by atoms with E-state index in [0.717, 1.165) is 23.3 Å². The summed E-state index contributed by atoms with van der Waals surface area (Å²) in [6, 6.07) is 7.93. The Hall–Kier alpha value is -3.88. The minimum atomic E-state index is -0.492. The Kier molecular flexibility index (Phi) is 4.39. The highest BCUT2D eigenvalue weighted by molar-refractivity contribution is 6.12. The number of fused-ring (bicyclic) bond motifs is 3. The third-order valence-electron chi connectivity index (χ3n) is 6.36. The normalized spacial score (nSPS) is 17.6. The summed E-state index contributed by atoms with van der Waals surface area (Å²) in [6.07, 6.45) is 6.76. The quantitative estimate of drug-likeness (QED) is 0.566. The van der Waals surface area contributed by atoms with Crippen LogP contribution in [-0.2, 0) is 17.3 Å². The number of imidazole rings is 1. The Morgan fingerprint density at radius 3 is 2.71 bits per heavy atom. The number of para-hydroxylation sites is 1. The molecule has 2 aliphatic heterocycles. The molecule has 3 aromatic rings. The standard InChI is InChI=1S/C22H22N8O/c1-29-18(14(12-24)6-9-23)28-17-19(29)25-13-26-20(17)30-10-7-22(8-11-30)15-4-2-3-5-16(15)27-21(22)31/h2-6,9,12-13,23-24H,7-8,10-11H2,1H3,(H,27,31)/b14-6+,23-9?,24-12?. The molecular formula is C22H22N8O. The van der Waals surface area contributed by atoms with Crippen molar-refractivity contribution in [2.45, 2.75) is 18.3 Å². The molecule has 9 heteroatoms. The zero-order valence-electron chi connectivity index (χ0n) is 17.1. The van der Waals surface area contributed by atoms with Gasteiger partial charge in [-0.3, -0.25) is 4.79 Å². The van der Waals surface area contributed by atoms with Crippen molar-refractivity contribution < 1.29 is 4.79 Å². The van der Waals surface area contributed by atoms with Crippen molar-refractivity contribution in [3.63, 3.8) is 0 Å². The first-order chi connectivity index (χ1) is 15.1. The number of nitrogens with zero attached hydrogens (tertiary/aromatic N) is 5. The summed E-state index contributed by atoms with van der Waals surface area (Å²) < 4.78 is 1.81. The minimum absolute atomic E-state index is 0.0775. The lowest BCUT2D eigenvalue weighted by atomic mass is 9.73. The fourth-order valence-corrected chi connectivity index (χ4v) is 4.72. The molecule has 0 aliphatic carbocycles. The molecule has 9 nitrogen and oxygen atoms in total. The summed E-state index contributed by atoms with van der Waals surface area (Å²) >= 11 is 0. The van der Waals surface area contributed by atoms with E-state index in [0.29, 0.717) is 48.5 Å². The largest absolute Gasteiger partial charge is 0.355 e. The van der Waals surface area contributed by atoms with Crippen LogP contribution in [0.25, 0.3) is 16.7 Å². The van der Waals surface area contributed by atoms with Gasteiger partial charge in [0, 0.05) is 43.8 Å². The van der Waals surface area contributed by atoms with Gasteiger partial charge in [-0.25, -0.2) is 15.0 Å². The Balaban J connectivity index is 1.50. The summed E-state index contributed by atoms with van der Waals surface area (Å²) in [6.45, 7) is 1.35. The number of allylic oxidation sites excluding steroid dienone is 2. The van der Waals surface area contributed by atoms with Crippen molar-refractivity contribution in [1.82, 2.24) is 19.5 Å². The van der Waals surface area contributed by atoms with Crippen molar-refractivity contribution in [3.8, 4) is 0 Å². The first-order valence-electron chi connectivity index (χ1n) is 10.1. The van der Waals surface area contributed by atoms with Gasteiger partial charge < -0.3 is 25.6 Å². The number of aromatic nitrogens is 4. The molecule has 156 valence electrons. The number of rotatable bonds is 4. The Labute approximate surface area is 178 Å². The third kappa shape index (κ3) is 2.77. The molecule has 5 rings (SSSR count). The van der Waals surface area contributed by atoms with Gasteiger partial charge in [0.2, 0.25) is 5.91 Å². The Bertz CT molecular complexity index is 1250. The Morgan fingerprint density at radius 1 is 1.19 bits per heavy atom. The molecule has 0 radical (unpaired) electrons. The number of nitrogens with one attached hydrogen (secondary N) is 3. The summed E-state index contributed by atoms with van der Waals surface area (Å²) in [7, 11) is 1.84. The second-order valence-corrected chi connectivity index (χ2v) is 7.87. The predicted molar refractivity (Wildman–Crippen MR) is 120 cm³/mol. The molecule has 31 heavy (non-hydrogen) atoms. The zero-order chi connectivity index (χ0) is 21.6. The summed E-state index contributed by atoms with van der Waals surface area (Å²) in [4.78, 5) is 28.6. The van der Waals surface area contributed by atoms with E-state index in [1.807, 2.05) is 35.9 Å². The van der Waals surface area contributed by atoms with E-state index in [1.165, 1.54) is 18.6 Å². The molecule has 0 atom stereocenters. The van der Waals surface area contributed by atoms with Crippen LogP contribution >= 0.6 is 0 Å². The molecule has 2 aromatic heterocycles. The molecule has 4 heterocycles. The van der Waals surface area contributed by atoms with Gasteiger partial charge in [-0.1, -0.05) is 18.2 Å².